The van der Waals surface area contributed by atoms with E-state index >= 15 is 0 Å². The van der Waals surface area contributed by atoms with Crippen molar-refractivity contribution in [2.75, 3.05) is 0 Å². The van der Waals surface area contributed by atoms with E-state index in [-0.39, 0.29) is 0 Å². The van der Waals surface area contributed by atoms with Gasteiger partial charge in [0.25, 0.3) is 0 Å². The number of aromatic nitrogens is 2. The fraction of sp³-hybridized carbons (Fsp3) is 0.0682. The Morgan fingerprint density at radius 2 is 1.20 bits per heavy atom. The van der Waals surface area contributed by atoms with Crippen molar-refractivity contribution in [3.8, 4) is 28.2 Å². The Kier molecular flexibility index (Phi) is 6.21. The van der Waals surface area contributed by atoms with Crippen LogP contribution >= 0.6 is 0 Å². The normalized spacial score (nSPS) is 17.3. The van der Waals surface area contributed by atoms with Gasteiger partial charge < -0.3 is 0 Å². The number of fused-ring (bicyclic) bond motifs is 4. The molecule has 2 unspecified atom stereocenters. The van der Waals surface area contributed by atoms with Crippen LogP contribution in [0.4, 0.5) is 0 Å². The van der Waals surface area contributed by atoms with Gasteiger partial charge in [-0.2, -0.15) is 0 Å². The standard InChI is InChI=1S/C44H32N2/c1-29-34-16-6-5-13-30(34)25-28-35(29)43-38-19-9-7-17-36(38)42(37-18-8-10-20-39(37)43)31-23-26-33(27-24-31)46-41-22-12-11-21-40(41)45-44(46)32-14-3-2-4-15-32/h2-29,34H,1H3. The molecule has 2 aliphatic carbocycles. The summed E-state index contributed by atoms with van der Waals surface area (Å²) in [6, 6.07) is 45.8. The number of hydrogen-bond donors (Lipinski definition) is 0. The molecule has 7 aromatic rings. The molecule has 9 rings (SSSR count). The van der Waals surface area contributed by atoms with E-state index in [4.69, 9.17) is 4.98 Å². The molecule has 1 heterocycles. The lowest BCUT2D eigenvalue weighted by Crippen LogP contribution is -2.17. The lowest BCUT2D eigenvalue weighted by Gasteiger charge is -2.31. The third-order valence-electron chi connectivity index (χ3n) is 9.81. The first-order chi connectivity index (χ1) is 22.8. The van der Waals surface area contributed by atoms with Crippen molar-refractivity contribution in [3.63, 3.8) is 0 Å². The Labute approximate surface area is 269 Å². The predicted molar refractivity (Wildman–Crippen MR) is 194 cm³/mol. The first-order valence-electron chi connectivity index (χ1n) is 16.1. The van der Waals surface area contributed by atoms with Gasteiger partial charge in [-0.1, -0.05) is 147 Å². The van der Waals surface area contributed by atoms with E-state index < -0.39 is 0 Å². The summed E-state index contributed by atoms with van der Waals surface area (Å²) in [5.74, 6) is 1.72. The van der Waals surface area contributed by atoms with Crippen molar-refractivity contribution in [3.05, 3.63) is 175 Å². The van der Waals surface area contributed by atoms with Gasteiger partial charge in [0, 0.05) is 17.2 Å². The van der Waals surface area contributed by atoms with E-state index in [0.717, 1.165) is 28.1 Å². The van der Waals surface area contributed by atoms with Gasteiger partial charge in [-0.3, -0.25) is 4.57 Å². The van der Waals surface area contributed by atoms with E-state index in [1.807, 2.05) is 0 Å². The van der Waals surface area contributed by atoms with E-state index in [1.54, 1.807) is 0 Å². The highest BCUT2D eigenvalue weighted by atomic mass is 15.1. The molecular weight excluding hydrogens is 556 g/mol. The van der Waals surface area contributed by atoms with Crippen LogP contribution < -0.4 is 0 Å². The predicted octanol–water partition coefficient (Wildman–Crippen LogP) is 11.4. The van der Waals surface area contributed by atoms with Gasteiger partial charge in [0.15, 0.2) is 0 Å². The monoisotopic (exact) mass is 588 g/mol. The van der Waals surface area contributed by atoms with Crippen molar-refractivity contribution < 1.29 is 0 Å². The van der Waals surface area contributed by atoms with E-state index in [0.29, 0.717) is 11.8 Å². The zero-order chi connectivity index (χ0) is 30.6. The van der Waals surface area contributed by atoms with Crippen LogP contribution in [0.25, 0.3) is 66.4 Å². The molecule has 0 N–H and O–H groups in total. The smallest absolute Gasteiger partial charge is 0.145 e. The summed E-state index contributed by atoms with van der Waals surface area (Å²) < 4.78 is 2.28. The minimum Gasteiger partial charge on any atom is -0.292 e. The lowest BCUT2D eigenvalue weighted by molar-refractivity contribution is 0.601. The van der Waals surface area contributed by atoms with Crippen LogP contribution in [0.3, 0.4) is 0 Å². The highest BCUT2D eigenvalue weighted by Gasteiger charge is 2.28. The van der Waals surface area contributed by atoms with Crippen molar-refractivity contribution in [1.29, 1.82) is 0 Å². The molecule has 0 spiro atoms. The van der Waals surface area contributed by atoms with Gasteiger partial charge in [0.1, 0.15) is 5.82 Å². The van der Waals surface area contributed by atoms with Crippen LogP contribution in [0.15, 0.2) is 169 Å². The Morgan fingerprint density at radius 3 is 1.91 bits per heavy atom. The first-order valence-corrected chi connectivity index (χ1v) is 16.1. The highest BCUT2D eigenvalue weighted by molar-refractivity contribution is 6.19. The number of imidazole rings is 1. The summed E-state index contributed by atoms with van der Waals surface area (Å²) >= 11 is 0. The minimum atomic E-state index is 0.377. The van der Waals surface area contributed by atoms with Gasteiger partial charge in [-0.15, -0.1) is 0 Å². The molecule has 2 atom stereocenters. The topological polar surface area (TPSA) is 17.8 Å². The maximum absolute atomic E-state index is 5.05. The number of para-hydroxylation sites is 2. The molecule has 6 aromatic carbocycles. The van der Waals surface area contributed by atoms with E-state index in [9.17, 15) is 0 Å². The Morgan fingerprint density at radius 1 is 0.565 bits per heavy atom. The summed E-state index contributed by atoms with van der Waals surface area (Å²) in [7, 11) is 0. The van der Waals surface area contributed by atoms with Gasteiger partial charge >= 0.3 is 0 Å². The fourth-order valence-corrected chi connectivity index (χ4v) is 7.63. The van der Waals surface area contributed by atoms with Crippen molar-refractivity contribution in [1.82, 2.24) is 9.55 Å². The molecule has 0 fully saturated rings. The van der Waals surface area contributed by atoms with Crippen LogP contribution in [0.5, 0.6) is 0 Å². The highest BCUT2D eigenvalue weighted by Crippen LogP contribution is 2.47. The molecule has 0 radical (unpaired) electrons. The molecular formula is C44H32N2. The van der Waals surface area contributed by atoms with Crippen LogP contribution in [-0.2, 0) is 0 Å². The molecule has 1 aromatic heterocycles. The molecule has 0 amide bonds. The van der Waals surface area contributed by atoms with Crippen molar-refractivity contribution >= 4 is 38.2 Å². The third kappa shape index (κ3) is 4.14. The van der Waals surface area contributed by atoms with Crippen LogP contribution in [0, 0.1) is 11.8 Å². The minimum absolute atomic E-state index is 0.377. The number of nitrogens with zero attached hydrogens (tertiary/aromatic N) is 2. The summed E-state index contributed by atoms with van der Waals surface area (Å²) in [6.07, 6.45) is 13.6. The number of rotatable bonds is 4. The van der Waals surface area contributed by atoms with Crippen molar-refractivity contribution in [2.45, 2.75) is 6.92 Å². The second-order valence-corrected chi connectivity index (χ2v) is 12.4. The zero-order valence-corrected chi connectivity index (χ0v) is 25.6. The molecule has 0 saturated carbocycles. The molecule has 0 bridgehead atoms. The van der Waals surface area contributed by atoms with Gasteiger partial charge in [0.05, 0.1) is 11.0 Å². The largest absolute Gasteiger partial charge is 0.292 e. The SMILES string of the molecule is CC1C(c2c3ccccc3c(-c3ccc(-n4c(-c5ccccc5)nc5ccccc54)cc3)c3ccccc23)=CC=C2C=CC=CC21. The molecule has 2 nitrogen and oxygen atoms in total. The van der Waals surface area contributed by atoms with Gasteiger partial charge in [0.2, 0.25) is 0 Å². The Hall–Kier alpha value is -5.73. The fourth-order valence-electron chi connectivity index (χ4n) is 7.63. The van der Waals surface area contributed by atoms with Gasteiger partial charge in [-0.05, 0) is 79.6 Å². The Balaban J connectivity index is 1.24. The maximum Gasteiger partial charge on any atom is 0.145 e. The van der Waals surface area contributed by atoms with E-state index in [1.165, 1.54) is 49.4 Å². The van der Waals surface area contributed by atoms with E-state index in [2.05, 4.69) is 175 Å². The molecule has 0 saturated heterocycles. The number of allylic oxidation sites excluding steroid dienone is 8. The maximum atomic E-state index is 5.05. The molecule has 218 valence electrons. The quantitative estimate of drug-likeness (QED) is 0.187. The summed E-state index contributed by atoms with van der Waals surface area (Å²) in [5.41, 5.74) is 10.9. The molecule has 0 aliphatic heterocycles. The average molecular weight is 589 g/mol. The Bertz CT molecular complexity index is 2360. The second kappa shape index (κ2) is 10.7. The first kappa shape index (κ1) is 26.7. The summed E-state index contributed by atoms with van der Waals surface area (Å²) in [5, 5.41) is 5.17. The molecule has 2 heteroatoms. The zero-order valence-electron chi connectivity index (χ0n) is 25.6. The summed E-state index contributed by atoms with van der Waals surface area (Å²) in [4.78, 5) is 5.05. The third-order valence-corrected chi connectivity index (χ3v) is 9.81. The van der Waals surface area contributed by atoms with Crippen LogP contribution in [-0.4, -0.2) is 9.55 Å². The van der Waals surface area contributed by atoms with Gasteiger partial charge in [-0.25, -0.2) is 4.98 Å². The van der Waals surface area contributed by atoms with Crippen LogP contribution in [0.2, 0.25) is 0 Å². The summed E-state index contributed by atoms with van der Waals surface area (Å²) in [6.45, 7) is 2.38. The lowest BCUT2D eigenvalue weighted by atomic mass is 9.72. The number of hydrogen-bond acceptors (Lipinski definition) is 1. The molecule has 2 aliphatic rings. The molecule has 46 heavy (non-hydrogen) atoms. The second-order valence-electron chi connectivity index (χ2n) is 12.4. The number of benzene rings is 6. The van der Waals surface area contributed by atoms with Crippen molar-refractivity contribution in [2.24, 2.45) is 11.8 Å². The average Bonchev–Trinajstić information content (AvgIpc) is 3.51. The van der Waals surface area contributed by atoms with Crippen LogP contribution in [0.1, 0.15) is 12.5 Å².